The second kappa shape index (κ2) is 10.4. The van der Waals surface area contributed by atoms with Crippen molar-refractivity contribution in [2.45, 2.75) is 0 Å². The van der Waals surface area contributed by atoms with Crippen LogP contribution in [0.4, 0.5) is 17.1 Å². The standard InChI is InChI=1S/C46H27NO3/c1-4-10-40-34(7-1)36-22-20-32(26-44(36)49-40)47(33-21-23-37-35-8-2-5-11-41(35)50-45(37)27-33)31-18-15-28(16-19-31)30-14-13-29-17-24-43-46(39(29)25-30)38-9-3-6-12-42(38)48-43/h1-27H. The fraction of sp³-hybridized carbons (Fsp3) is 0. The second-order valence-electron chi connectivity index (χ2n) is 12.9. The minimum Gasteiger partial charge on any atom is -0.456 e. The monoisotopic (exact) mass is 641 g/mol. The summed E-state index contributed by atoms with van der Waals surface area (Å²) in [5.41, 5.74) is 10.6. The number of nitrogens with zero attached hydrogens (tertiary/aromatic N) is 1. The second-order valence-corrected chi connectivity index (χ2v) is 12.9. The summed E-state index contributed by atoms with van der Waals surface area (Å²) < 4.78 is 18.9. The van der Waals surface area contributed by atoms with Gasteiger partial charge >= 0.3 is 0 Å². The first kappa shape index (κ1) is 27.2. The molecule has 50 heavy (non-hydrogen) atoms. The van der Waals surface area contributed by atoms with Gasteiger partial charge in [-0.05, 0) is 88.6 Å². The first-order chi connectivity index (χ1) is 24.7. The highest BCUT2D eigenvalue weighted by Crippen LogP contribution is 2.42. The third-order valence-electron chi connectivity index (χ3n) is 10.1. The minimum absolute atomic E-state index is 0.851. The van der Waals surface area contributed by atoms with E-state index >= 15 is 0 Å². The van der Waals surface area contributed by atoms with Crippen LogP contribution in [0.1, 0.15) is 0 Å². The highest BCUT2D eigenvalue weighted by Gasteiger charge is 2.18. The van der Waals surface area contributed by atoms with E-state index in [2.05, 4.69) is 132 Å². The molecule has 0 aliphatic carbocycles. The SMILES string of the molecule is c1ccc2c(c1)oc1cc(N(c3ccc(-c4ccc5ccc6oc7ccccc7c6c5c4)cc3)c3ccc4c(c3)oc3ccccc34)ccc12. The van der Waals surface area contributed by atoms with Gasteiger partial charge in [-0.25, -0.2) is 0 Å². The van der Waals surface area contributed by atoms with E-state index in [0.29, 0.717) is 0 Å². The molecule has 0 N–H and O–H groups in total. The highest BCUT2D eigenvalue weighted by molar-refractivity contribution is 6.19. The van der Waals surface area contributed by atoms with Crippen molar-refractivity contribution in [3.8, 4) is 11.1 Å². The maximum absolute atomic E-state index is 6.34. The molecule has 0 atom stereocenters. The lowest BCUT2D eigenvalue weighted by Crippen LogP contribution is -2.09. The van der Waals surface area contributed by atoms with Crippen molar-refractivity contribution in [1.29, 1.82) is 0 Å². The maximum atomic E-state index is 6.34. The molecule has 4 heteroatoms. The van der Waals surface area contributed by atoms with E-state index in [9.17, 15) is 0 Å². The zero-order valence-corrected chi connectivity index (χ0v) is 26.8. The topological polar surface area (TPSA) is 42.7 Å². The summed E-state index contributed by atoms with van der Waals surface area (Å²) in [6.45, 7) is 0. The third kappa shape index (κ3) is 4.06. The van der Waals surface area contributed by atoms with Gasteiger partial charge in [0.1, 0.15) is 33.5 Å². The minimum atomic E-state index is 0.851. The van der Waals surface area contributed by atoms with Crippen molar-refractivity contribution >= 4 is 93.7 Å². The van der Waals surface area contributed by atoms with Crippen molar-refractivity contribution in [3.63, 3.8) is 0 Å². The molecule has 0 spiro atoms. The van der Waals surface area contributed by atoms with E-state index in [-0.39, 0.29) is 0 Å². The summed E-state index contributed by atoms with van der Waals surface area (Å²) in [5, 5.41) is 9.11. The van der Waals surface area contributed by atoms with E-state index in [1.807, 2.05) is 36.4 Å². The molecule has 0 saturated carbocycles. The number of hydrogen-bond acceptors (Lipinski definition) is 4. The van der Waals surface area contributed by atoms with E-state index in [1.54, 1.807) is 0 Å². The van der Waals surface area contributed by atoms with Crippen molar-refractivity contribution in [2.75, 3.05) is 4.90 Å². The molecule has 0 aliphatic heterocycles. The summed E-state index contributed by atoms with van der Waals surface area (Å²) in [5.74, 6) is 0. The van der Waals surface area contributed by atoms with Crippen molar-refractivity contribution in [2.24, 2.45) is 0 Å². The molecule has 0 aliphatic rings. The van der Waals surface area contributed by atoms with E-state index < -0.39 is 0 Å². The maximum Gasteiger partial charge on any atom is 0.137 e. The number of anilines is 3. The molecule has 0 radical (unpaired) electrons. The molecule has 0 saturated heterocycles. The molecule has 234 valence electrons. The van der Waals surface area contributed by atoms with Gasteiger partial charge in [-0.1, -0.05) is 84.9 Å². The lowest BCUT2D eigenvalue weighted by Gasteiger charge is -2.25. The van der Waals surface area contributed by atoms with E-state index in [1.165, 1.54) is 10.8 Å². The molecule has 0 amide bonds. The smallest absolute Gasteiger partial charge is 0.137 e. The van der Waals surface area contributed by atoms with Crippen molar-refractivity contribution in [3.05, 3.63) is 164 Å². The van der Waals surface area contributed by atoms with Gasteiger partial charge in [0.2, 0.25) is 0 Å². The Kier molecular flexibility index (Phi) is 5.63. The van der Waals surface area contributed by atoms with Gasteiger partial charge in [0.15, 0.2) is 0 Å². The number of para-hydroxylation sites is 3. The van der Waals surface area contributed by atoms with Crippen LogP contribution in [0.3, 0.4) is 0 Å². The molecule has 4 nitrogen and oxygen atoms in total. The zero-order valence-electron chi connectivity index (χ0n) is 26.8. The van der Waals surface area contributed by atoms with Crippen LogP contribution in [0.5, 0.6) is 0 Å². The van der Waals surface area contributed by atoms with Gasteiger partial charge in [-0.2, -0.15) is 0 Å². The molecule has 11 rings (SSSR count). The van der Waals surface area contributed by atoms with Gasteiger partial charge in [-0.15, -0.1) is 0 Å². The molecule has 0 bridgehead atoms. The largest absolute Gasteiger partial charge is 0.456 e. The lowest BCUT2D eigenvalue weighted by atomic mass is 9.98. The Bertz CT molecular complexity index is 2990. The molecular weight excluding hydrogens is 615 g/mol. The summed E-state index contributed by atoms with van der Waals surface area (Å²) in [6, 6.07) is 57.3. The lowest BCUT2D eigenvalue weighted by molar-refractivity contribution is 0.668. The average molecular weight is 642 g/mol. The number of rotatable bonds is 4. The van der Waals surface area contributed by atoms with Gasteiger partial charge in [0, 0.05) is 61.5 Å². The highest BCUT2D eigenvalue weighted by atomic mass is 16.3. The Labute approximate surface area is 286 Å². The normalized spacial score (nSPS) is 12.0. The summed E-state index contributed by atoms with van der Waals surface area (Å²) in [7, 11) is 0. The summed E-state index contributed by atoms with van der Waals surface area (Å²) in [4.78, 5) is 2.27. The molecule has 11 aromatic rings. The van der Waals surface area contributed by atoms with Gasteiger partial charge in [0.05, 0.1) is 0 Å². The molecule has 3 heterocycles. The van der Waals surface area contributed by atoms with Crippen molar-refractivity contribution < 1.29 is 13.3 Å². The number of furan rings is 3. The van der Waals surface area contributed by atoms with Gasteiger partial charge in [0.25, 0.3) is 0 Å². The van der Waals surface area contributed by atoms with Crippen LogP contribution >= 0.6 is 0 Å². The van der Waals surface area contributed by atoms with Crippen molar-refractivity contribution in [1.82, 2.24) is 0 Å². The Morgan fingerprint density at radius 2 is 0.780 bits per heavy atom. The molecule has 3 aromatic heterocycles. The van der Waals surface area contributed by atoms with Gasteiger partial charge in [-0.3, -0.25) is 0 Å². The fourth-order valence-corrected chi connectivity index (χ4v) is 7.68. The average Bonchev–Trinajstić information content (AvgIpc) is 3.86. The Hall–Kier alpha value is -6.78. The Morgan fingerprint density at radius 1 is 0.300 bits per heavy atom. The molecule has 0 fully saturated rings. The summed E-state index contributed by atoms with van der Waals surface area (Å²) in [6.07, 6.45) is 0. The third-order valence-corrected chi connectivity index (χ3v) is 10.1. The van der Waals surface area contributed by atoms with Crippen LogP contribution in [0.15, 0.2) is 177 Å². The predicted molar refractivity (Wildman–Crippen MR) is 206 cm³/mol. The van der Waals surface area contributed by atoms with Crippen LogP contribution in [0, 0.1) is 0 Å². The van der Waals surface area contributed by atoms with Crippen LogP contribution in [-0.2, 0) is 0 Å². The van der Waals surface area contributed by atoms with E-state index in [0.717, 1.165) is 94.0 Å². The first-order valence-corrected chi connectivity index (χ1v) is 16.8. The number of benzene rings is 8. The summed E-state index contributed by atoms with van der Waals surface area (Å²) >= 11 is 0. The Morgan fingerprint density at radius 3 is 1.42 bits per heavy atom. The number of fused-ring (bicyclic) bond motifs is 11. The molecule has 8 aromatic carbocycles. The van der Waals surface area contributed by atoms with Crippen LogP contribution in [0.25, 0.3) is 87.7 Å². The Balaban J connectivity index is 1.06. The van der Waals surface area contributed by atoms with Crippen LogP contribution in [-0.4, -0.2) is 0 Å². The van der Waals surface area contributed by atoms with Crippen LogP contribution in [0.2, 0.25) is 0 Å². The predicted octanol–water partition coefficient (Wildman–Crippen LogP) is 13.7. The van der Waals surface area contributed by atoms with Gasteiger partial charge < -0.3 is 18.2 Å². The first-order valence-electron chi connectivity index (χ1n) is 16.8. The zero-order chi connectivity index (χ0) is 32.8. The quantitative estimate of drug-likeness (QED) is 0.192. The molecular formula is C46H27NO3. The number of hydrogen-bond donors (Lipinski definition) is 0. The molecule has 0 unspecified atom stereocenters. The fourth-order valence-electron chi connectivity index (χ4n) is 7.68. The van der Waals surface area contributed by atoms with Crippen LogP contribution < -0.4 is 4.90 Å². The van der Waals surface area contributed by atoms with E-state index in [4.69, 9.17) is 13.3 Å².